The monoisotopic (exact) mass is 369 g/mol. The zero-order chi connectivity index (χ0) is 15.2. The molecular weight excluding hydrogens is 346 g/mol. The minimum atomic E-state index is 0.274. The van der Waals surface area contributed by atoms with Gasteiger partial charge >= 0.3 is 0 Å². The van der Waals surface area contributed by atoms with Crippen LogP contribution in [-0.4, -0.2) is 47.0 Å². The van der Waals surface area contributed by atoms with Crippen LogP contribution in [0.1, 0.15) is 25.3 Å². The van der Waals surface area contributed by atoms with Gasteiger partial charge in [-0.3, -0.25) is 9.80 Å². The normalized spacial score (nSPS) is 18.6. The molecule has 1 fully saturated rings. The molecule has 2 N–H and O–H groups in total. The Hall–Kier alpha value is -0.490. The molecule has 5 heteroatoms. The summed E-state index contributed by atoms with van der Waals surface area (Å²) >= 11 is 8.86. The second kappa shape index (κ2) is 8.22. The van der Waals surface area contributed by atoms with Crippen molar-refractivity contribution < 1.29 is 0 Å². The second-order valence-corrected chi connectivity index (χ2v) is 6.94. The number of benzene rings is 1. The van der Waals surface area contributed by atoms with Crippen LogP contribution in [0.3, 0.4) is 0 Å². The molecule has 0 saturated carbocycles. The predicted octanol–water partition coefficient (Wildman–Crippen LogP) is 3.02. The second-order valence-electron chi connectivity index (χ2n) is 5.61. The Balaban J connectivity index is 1.88. The van der Waals surface area contributed by atoms with E-state index in [1.807, 2.05) is 0 Å². The topological polar surface area (TPSA) is 32.5 Å². The number of nitrogens with two attached hydrogens (primary N) is 1. The van der Waals surface area contributed by atoms with Gasteiger partial charge in [-0.2, -0.15) is 0 Å². The maximum atomic E-state index is 5.90. The molecule has 1 aromatic rings. The SMILES string of the molecule is CCCC(C(N)=S)N1CCN(Cc2ccccc2Br)CC1. The van der Waals surface area contributed by atoms with Gasteiger partial charge in [-0.15, -0.1) is 0 Å². The van der Waals surface area contributed by atoms with Crippen molar-refractivity contribution in [1.82, 2.24) is 9.80 Å². The molecule has 2 rings (SSSR count). The minimum Gasteiger partial charge on any atom is -0.392 e. The molecule has 1 heterocycles. The highest BCUT2D eigenvalue weighted by Gasteiger charge is 2.25. The van der Waals surface area contributed by atoms with Crippen molar-refractivity contribution >= 4 is 33.1 Å². The summed E-state index contributed by atoms with van der Waals surface area (Å²) in [6, 6.07) is 8.72. The molecule has 1 aliphatic rings. The highest BCUT2D eigenvalue weighted by atomic mass is 79.9. The first-order valence-electron chi connectivity index (χ1n) is 7.61. The molecule has 1 atom stereocenters. The van der Waals surface area contributed by atoms with E-state index in [4.69, 9.17) is 18.0 Å². The molecule has 116 valence electrons. The highest BCUT2D eigenvalue weighted by Crippen LogP contribution is 2.19. The van der Waals surface area contributed by atoms with Crippen molar-refractivity contribution in [3.05, 3.63) is 34.3 Å². The lowest BCUT2D eigenvalue weighted by molar-refractivity contribution is 0.110. The van der Waals surface area contributed by atoms with Crippen LogP contribution in [0.4, 0.5) is 0 Å². The zero-order valence-corrected chi connectivity index (χ0v) is 15.0. The van der Waals surface area contributed by atoms with Crippen LogP contribution in [0, 0.1) is 0 Å². The van der Waals surface area contributed by atoms with E-state index in [2.05, 4.69) is 56.9 Å². The molecule has 0 aromatic heterocycles. The Morgan fingerprint density at radius 2 is 1.95 bits per heavy atom. The fourth-order valence-corrected chi connectivity index (χ4v) is 3.56. The van der Waals surface area contributed by atoms with Crippen LogP contribution in [0.15, 0.2) is 28.7 Å². The molecule has 0 aliphatic carbocycles. The van der Waals surface area contributed by atoms with E-state index in [0.29, 0.717) is 4.99 Å². The summed E-state index contributed by atoms with van der Waals surface area (Å²) in [5.74, 6) is 0. The first-order valence-corrected chi connectivity index (χ1v) is 8.81. The van der Waals surface area contributed by atoms with Gasteiger partial charge in [0.2, 0.25) is 0 Å². The average molecular weight is 370 g/mol. The summed E-state index contributed by atoms with van der Waals surface area (Å²) in [5.41, 5.74) is 7.25. The largest absolute Gasteiger partial charge is 0.392 e. The van der Waals surface area contributed by atoms with Crippen LogP contribution in [0.5, 0.6) is 0 Å². The molecule has 0 bridgehead atoms. The smallest absolute Gasteiger partial charge is 0.0902 e. The molecule has 1 unspecified atom stereocenters. The van der Waals surface area contributed by atoms with E-state index in [-0.39, 0.29) is 6.04 Å². The molecule has 1 aliphatic heterocycles. The lowest BCUT2D eigenvalue weighted by atomic mass is 10.1. The maximum absolute atomic E-state index is 5.90. The van der Waals surface area contributed by atoms with Crippen molar-refractivity contribution in [2.24, 2.45) is 5.73 Å². The van der Waals surface area contributed by atoms with Gasteiger partial charge < -0.3 is 5.73 Å². The van der Waals surface area contributed by atoms with Crippen LogP contribution >= 0.6 is 28.1 Å². The molecule has 1 aromatic carbocycles. The molecule has 0 radical (unpaired) electrons. The Morgan fingerprint density at radius 3 is 2.52 bits per heavy atom. The van der Waals surface area contributed by atoms with Gasteiger partial charge in [-0.25, -0.2) is 0 Å². The fraction of sp³-hybridized carbons (Fsp3) is 0.562. The number of rotatable bonds is 6. The molecule has 0 amide bonds. The van der Waals surface area contributed by atoms with Crippen molar-refractivity contribution in [3.8, 4) is 0 Å². The van der Waals surface area contributed by atoms with Gasteiger partial charge in [0.1, 0.15) is 0 Å². The first kappa shape index (κ1) is 16.9. The van der Waals surface area contributed by atoms with Crippen molar-refractivity contribution in [1.29, 1.82) is 0 Å². The zero-order valence-electron chi connectivity index (χ0n) is 12.6. The lowest BCUT2D eigenvalue weighted by Crippen LogP contribution is -2.53. The van der Waals surface area contributed by atoms with Gasteiger partial charge in [-0.05, 0) is 18.1 Å². The average Bonchev–Trinajstić information content (AvgIpc) is 2.48. The summed E-state index contributed by atoms with van der Waals surface area (Å²) in [6.45, 7) is 7.43. The standard InChI is InChI=1S/C16H24BrN3S/c1-2-5-15(16(18)21)20-10-8-19(9-11-20)12-13-6-3-4-7-14(13)17/h3-4,6-7,15H,2,5,8-12H2,1H3,(H2,18,21). The van der Waals surface area contributed by atoms with E-state index < -0.39 is 0 Å². The van der Waals surface area contributed by atoms with Crippen LogP contribution in [0.2, 0.25) is 0 Å². The van der Waals surface area contributed by atoms with Crippen LogP contribution in [-0.2, 0) is 6.54 Å². The molecule has 0 spiro atoms. The van der Waals surface area contributed by atoms with Gasteiger partial charge in [0.25, 0.3) is 0 Å². The summed E-state index contributed by atoms with van der Waals surface area (Å²) in [5, 5.41) is 0. The summed E-state index contributed by atoms with van der Waals surface area (Å²) in [6.07, 6.45) is 2.19. The number of nitrogens with zero attached hydrogens (tertiary/aromatic N) is 2. The fourth-order valence-electron chi connectivity index (χ4n) is 2.88. The summed E-state index contributed by atoms with van der Waals surface area (Å²) < 4.78 is 1.19. The van der Waals surface area contributed by atoms with E-state index >= 15 is 0 Å². The Morgan fingerprint density at radius 1 is 1.29 bits per heavy atom. The molecular formula is C16H24BrN3S. The van der Waals surface area contributed by atoms with Gasteiger partial charge in [0.05, 0.1) is 11.0 Å². The molecule has 21 heavy (non-hydrogen) atoms. The molecule has 1 saturated heterocycles. The number of halogens is 1. The van der Waals surface area contributed by atoms with Gasteiger partial charge in [0.15, 0.2) is 0 Å². The van der Waals surface area contributed by atoms with Gasteiger partial charge in [0, 0.05) is 37.2 Å². The number of hydrogen-bond donors (Lipinski definition) is 1. The van der Waals surface area contributed by atoms with Crippen molar-refractivity contribution in [2.45, 2.75) is 32.4 Å². The lowest BCUT2D eigenvalue weighted by Gasteiger charge is -2.39. The highest BCUT2D eigenvalue weighted by molar-refractivity contribution is 9.10. The van der Waals surface area contributed by atoms with E-state index in [9.17, 15) is 0 Å². The number of piperazine rings is 1. The van der Waals surface area contributed by atoms with Gasteiger partial charge in [-0.1, -0.05) is 59.7 Å². The van der Waals surface area contributed by atoms with Crippen LogP contribution < -0.4 is 5.73 Å². The molecule has 3 nitrogen and oxygen atoms in total. The third-order valence-corrected chi connectivity index (χ3v) is 5.14. The minimum absolute atomic E-state index is 0.274. The Bertz CT molecular complexity index is 472. The maximum Gasteiger partial charge on any atom is 0.0902 e. The summed E-state index contributed by atoms with van der Waals surface area (Å²) in [4.78, 5) is 5.60. The van der Waals surface area contributed by atoms with E-state index in [1.165, 1.54) is 10.0 Å². The van der Waals surface area contributed by atoms with Crippen molar-refractivity contribution in [3.63, 3.8) is 0 Å². The Labute approximate surface area is 141 Å². The number of thiocarbonyl (C=S) groups is 1. The van der Waals surface area contributed by atoms with E-state index in [0.717, 1.165) is 45.6 Å². The van der Waals surface area contributed by atoms with Crippen molar-refractivity contribution in [2.75, 3.05) is 26.2 Å². The predicted molar refractivity (Wildman–Crippen MR) is 96.5 cm³/mol. The first-order chi connectivity index (χ1) is 10.1. The van der Waals surface area contributed by atoms with E-state index in [1.54, 1.807) is 0 Å². The third kappa shape index (κ3) is 4.74. The van der Waals surface area contributed by atoms with Crippen LogP contribution in [0.25, 0.3) is 0 Å². The summed E-state index contributed by atoms with van der Waals surface area (Å²) in [7, 11) is 0. The quantitative estimate of drug-likeness (QED) is 0.781. The Kier molecular flexibility index (Phi) is 6.61. The number of hydrogen-bond acceptors (Lipinski definition) is 3. The third-order valence-electron chi connectivity index (χ3n) is 4.09.